The number of carbonyl (C=O) groups is 1. The molecule has 1 aromatic rings. The standard InChI is InChI=1S/C12H8O/c1-4-10-6-7-12(9(3)13)8-11(10)5-2/h1-2,6-8H,3H3. The monoisotopic (exact) mass is 168 g/mol. The third kappa shape index (κ3) is 1.78. The second-order valence-corrected chi connectivity index (χ2v) is 2.61. The van der Waals surface area contributed by atoms with Crippen LogP contribution in [-0.2, 0) is 0 Å². The highest BCUT2D eigenvalue weighted by molar-refractivity contribution is 5.94. The Labute approximate surface area is 77.8 Å². The minimum Gasteiger partial charge on any atom is -0.295 e. The van der Waals surface area contributed by atoms with Crippen LogP contribution < -0.4 is 0 Å². The van der Waals surface area contributed by atoms with Gasteiger partial charge in [-0.1, -0.05) is 17.9 Å². The van der Waals surface area contributed by atoms with Gasteiger partial charge in [0.1, 0.15) is 0 Å². The number of carbonyl (C=O) groups excluding carboxylic acids is 1. The van der Waals surface area contributed by atoms with Crippen molar-refractivity contribution in [3.63, 3.8) is 0 Å². The normalized spacial score (nSPS) is 8.54. The second kappa shape index (κ2) is 3.61. The highest BCUT2D eigenvalue weighted by Crippen LogP contribution is 2.10. The topological polar surface area (TPSA) is 17.1 Å². The molecule has 1 heteroatoms. The second-order valence-electron chi connectivity index (χ2n) is 2.61. The molecule has 1 aromatic carbocycles. The van der Waals surface area contributed by atoms with Crippen molar-refractivity contribution in [3.05, 3.63) is 34.9 Å². The van der Waals surface area contributed by atoms with Crippen LogP contribution in [0.1, 0.15) is 28.4 Å². The van der Waals surface area contributed by atoms with Crippen molar-refractivity contribution in [2.75, 3.05) is 0 Å². The van der Waals surface area contributed by atoms with Gasteiger partial charge in [0.25, 0.3) is 0 Å². The smallest absolute Gasteiger partial charge is 0.159 e. The first-order chi connectivity index (χ1) is 6.19. The van der Waals surface area contributed by atoms with Crippen LogP contribution in [0.4, 0.5) is 0 Å². The summed E-state index contributed by atoms with van der Waals surface area (Å²) >= 11 is 0. The Balaban J connectivity index is 3.33. The Kier molecular flexibility index (Phi) is 2.52. The van der Waals surface area contributed by atoms with Gasteiger partial charge in [-0.15, -0.1) is 12.8 Å². The number of hydrogen-bond acceptors (Lipinski definition) is 1. The number of Topliss-reactive ketones (excluding diaryl/α,β-unsaturated/α-hetero) is 1. The first-order valence-electron chi connectivity index (χ1n) is 3.77. The van der Waals surface area contributed by atoms with Crippen LogP contribution >= 0.6 is 0 Å². The Morgan fingerprint density at radius 3 is 2.31 bits per heavy atom. The molecule has 0 bridgehead atoms. The van der Waals surface area contributed by atoms with Crippen molar-refractivity contribution in [2.24, 2.45) is 0 Å². The van der Waals surface area contributed by atoms with Gasteiger partial charge < -0.3 is 0 Å². The van der Waals surface area contributed by atoms with Crippen LogP contribution in [0.3, 0.4) is 0 Å². The van der Waals surface area contributed by atoms with E-state index >= 15 is 0 Å². The van der Waals surface area contributed by atoms with Crippen molar-refractivity contribution in [1.29, 1.82) is 0 Å². The molecular weight excluding hydrogens is 160 g/mol. The van der Waals surface area contributed by atoms with E-state index in [1.54, 1.807) is 18.2 Å². The van der Waals surface area contributed by atoms with Gasteiger partial charge in [0.15, 0.2) is 5.78 Å². The Hall–Kier alpha value is -1.99. The zero-order chi connectivity index (χ0) is 9.84. The lowest BCUT2D eigenvalue weighted by Gasteiger charge is -1.99. The quantitative estimate of drug-likeness (QED) is 0.462. The average molecular weight is 168 g/mol. The molecule has 0 fully saturated rings. The Morgan fingerprint density at radius 1 is 1.23 bits per heavy atom. The molecule has 0 aliphatic carbocycles. The van der Waals surface area contributed by atoms with Crippen molar-refractivity contribution in [2.45, 2.75) is 6.92 Å². The van der Waals surface area contributed by atoms with Gasteiger partial charge in [-0.25, -0.2) is 0 Å². The minimum atomic E-state index is -0.0138. The predicted octanol–water partition coefficient (Wildman–Crippen LogP) is 1.85. The number of terminal acetylenes is 2. The molecule has 1 rings (SSSR count). The van der Waals surface area contributed by atoms with Gasteiger partial charge in [-0.3, -0.25) is 4.79 Å². The Bertz CT molecular complexity index is 427. The van der Waals surface area contributed by atoms with Gasteiger partial charge in [0.05, 0.1) is 0 Å². The lowest BCUT2D eigenvalue weighted by molar-refractivity contribution is 0.101. The van der Waals surface area contributed by atoms with E-state index in [0.717, 1.165) is 0 Å². The summed E-state index contributed by atoms with van der Waals surface area (Å²) in [7, 11) is 0. The molecule has 0 aromatic heterocycles. The number of hydrogen-bond donors (Lipinski definition) is 0. The molecule has 0 atom stereocenters. The molecule has 0 spiro atoms. The fourth-order valence-electron chi connectivity index (χ4n) is 1.01. The highest BCUT2D eigenvalue weighted by Gasteiger charge is 2.02. The van der Waals surface area contributed by atoms with Gasteiger partial charge >= 0.3 is 0 Å². The first kappa shape index (κ1) is 9.10. The van der Waals surface area contributed by atoms with Crippen LogP contribution in [0.15, 0.2) is 18.2 Å². The van der Waals surface area contributed by atoms with Crippen molar-refractivity contribution < 1.29 is 4.79 Å². The third-order valence-electron chi connectivity index (χ3n) is 1.74. The van der Waals surface area contributed by atoms with Crippen LogP contribution in [-0.4, -0.2) is 5.78 Å². The Morgan fingerprint density at radius 2 is 1.85 bits per heavy atom. The SMILES string of the molecule is C#Cc1ccc(C(C)=O)cc1C#C. The molecule has 0 heterocycles. The van der Waals surface area contributed by atoms with Gasteiger partial charge in [-0.2, -0.15) is 0 Å². The molecule has 0 saturated carbocycles. The molecule has 0 unspecified atom stereocenters. The van der Waals surface area contributed by atoms with Gasteiger partial charge in [-0.05, 0) is 19.1 Å². The van der Waals surface area contributed by atoms with E-state index in [-0.39, 0.29) is 5.78 Å². The van der Waals surface area contributed by atoms with Crippen molar-refractivity contribution >= 4 is 5.78 Å². The minimum absolute atomic E-state index is 0.0138. The lowest BCUT2D eigenvalue weighted by Crippen LogP contribution is -1.94. The summed E-state index contributed by atoms with van der Waals surface area (Å²) in [5.74, 6) is 4.89. The van der Waals surface area contributed by atoms with E-state index < -0.39 is 0 Å². The fourth-order valence-corrected chi connectivity index (χ4v) is 1.01. The lowest BCUT2D eigenvalue weighted by atomic mass is 10.0. The number of benzene rings is 1. The summed E-state index contributed by atoms with van der Waals surface area (Å²) in [5.41, 5.74) is 1.83. The summed E-state index contributed by atoms with van der Waals surface area (Å²) in [4.78, 5) is 11.0. The summed E-state index contributed by atoms with van der Waals surface area (Å²) in [6, 6.07) is 5.00. The maximum absolute atomic E-state index is 11.0. The van der Waals surface area contributed by atoms with E-state index in [2.05, 4.69) is 11.8 Å². The molecule has 1 nitrogen and oxygen atoms in total. The molecular formula is C12H8O. The molecule has 0 radical (unpaired) electrons. The predicted molar refractivity (Wildman–Crippen MR) is 52.3 cm³/mol. The molecule has 0 saturated heterocycles. The van der Waals surface area contributed by atoms with Crippen molar-refractivity contribution in [3.8, 4) is 24.7 Å². The van der Waals surface area contributed by atoms with E-state index in [9.17, 15) is 4.79 Å². The largest absolute Gasteiger partial charge is 0.295 e. The summed E-state index contributed by atoms with van der Waals surface area (Å²) in [6.07, 6.45) is 10.5. The van der Waals surface area contributed by atoms with Crippen LogP contribution in [0.5, 0.6) is 0 Å². The molecule has 0 aliphatic rings. The highest BCUT2D eigenvalue weighted by atomic mass is 16.1. The summed E-state index contributed by atoms with van der Waals surface area (Å²) in [6.45, 7) is 1.49. The molecule has 0 aliphatic heterocycles. The number of rotatable bonds is 1. The van der Waals surface area contributed by atoms with Gasteiger partial charge in [0, 0.05) is 16.7 Å². The number of ketones is 1. The molecule has 13 heavy (non-hydrogen) atoms. The van der Waals surface area contributed by atoms with Crippen LogP contribution in [0, 0.1) is 24.7 Å². The van der Waals surface area contributed by atoms with E-state index in [0.29, 0.717) is 16.7 Å². The molecule has 0 N–H and O–H groups in total. The fraction of sp³-hybridized carbons (Fsp3) is 0.0833. The molecule has 62 valence electrons. The maximum atomic E-state index is 11.0. The summed E-state index contributed by atoms with van der Waals surface area (Å²) < 4.78 is 0. The maximum Gasteiger partial charge on any atom is 0.159 e. The first-order valence-corrected chi connectivity index (χ1v) is 3.77. The zero-order valence-electron chi connectivity index (χ0n) is 7.29. The molecule has 0 amide bonds. The van der Waals surface area contributed by atoms with Crippen molar-refractivity contribution in [1.82, 2.24) is 0 Å². The van der Waals surface area contributed by atoms with E-state index in [1.807, 2.05) is 0 Å². The zero-order valence-corrected chi connectivity index (χ0v) is 7.29. The van der Waals surface area contributed by atoms with Crippen LogP contribution in [0.25, 0.3) is 0 Å². The van der Waals surface area contributed by atoms with Crippen LogP contribution in [0.2, 0.25) is 0 Å². The third-order valence-corrected chi connectivity index (χ3v) is 1.74. The summed E-state index contributed by atoms with van der Waals surface area (Å²) in [5, 5.41) is 0. The average Bonchev–Trinajstić information content (AvgIpc) is 2.16. The van der Waals surface area contributed by atoms with E-state index in [1.165, 1.54) is 6.92 Å². The van der Waals surface area contributed by atoms with Gasteiger partial charge in [0.2, 0.25) is 0 Å². The van der Waals surface area contributed by atoms with E-state index in [4.69, 9.17) is 12.8 Å².